The van der Waals surface area contributed by atoms with Crippen LogP contribution in [-0.4, -0.2) is 13.1 Å². The minimum absolute atomic E-state index is 0.660. The molecule has 66 valence electrons. The SMILES string of the molecule is CCCCNCC1(C)CCC1. The highest BCUT2D eigenvalue weighted by molar-refractivity contribution is 4.84. The van der Waals surface area contributed by atoms with Crippen LogP contribution < -0.4 is 5.32 Å². The Morgan fingerprint density at radius 3 is 2.55 bits per heavy atom. The fourth-order valence-corrected chi connectivity index (χ4v) is 1.65. The molecule has 0 atom stereocenters. The maximum Gasteiger partial charge on any atom is 0.000516 e. The summed E-state index contributed by atoms with van der Waals surface area (Å²) in [7, 11) is 0. The van der Waals surface area contributed by atoms with Crippen molar-refractivity contribution in [3.05, 3.63) is 0 Å². The third-order valence-corrected chi connectivity index (χ3v) is 2.82. The van der Waals surface area contributed by atoms with E-state index in [-0.39, 0.29) is 0 Å². The molecule has 1 heteroatoms. The first-order valence-corrected chi connectivity index (χ1v) is 4.97. The molecular weight excluding hydrogens is 134 g/mol. The van der Waals surface area contributed by atoms with Crippen LogP contribution in [0.5, 0.6) is 0 Å². The fraction of sp³-hybridized carbons (Fsp3) is 1.00. The fourth-order valence-electron chi connectivity index (χ4n) is 1.65. The Hall–Kier alpha value is -0.0400. The Morgan fingerprint density at radius 2 is 2.09 bits per heavy atom. The Labute approximate surface area is 70.6 Å². The van der Waals surface area contributed by atoms with Gasteiger partial charge in [-0.2, -0.15) is 0 Å². The third kappa shape index (κ3) is 2.82. The topological polar surface area (TPSA) is 12.0 Å². The van der Waals surface area contributed by atoms with Crippen LogP contribution in [0.2, 0.25) is 0 Å². The quantitative estimate of drug-likeness (QED) is 0.602. The summed E-state index contributed by atoms with van der Waals surface area (Å²) in [4.78, 5) is 0. The number of hydrogen-bond acceptors (Lipinski definition) is 1. The van der Waals surface area contributed by atoms with Crippen LogP contribution in [0.25, 0.3) is 0 Å². The molecule has 0 saturated heterocycles. The Morgan fingerprint density at radius 1 is 1.36 bits per heavy atom. The van der Waals surface area contributed by atoms with Gasteiger partial charge in [0, 0.05) is 6.54 Å². The summed E-state index contributed by atoms with van der Waals surface area (Å²) in [6.45, 7) is 7.10. The van der Waals surface area contributed by atoms with Gasteiger partial charge in [0.25, 0.3) is 0 Å². The molecule has 0 amide bonds. The minimum Gasteiger partial charge on any atom is -0.316 e. The second-order valence-corrected chi connectivity index (χ2v) is 4.19. The predicted octanol–water partition coefficient (Wildman–Crippen LogP) is 2.57. The first kappa shape index (κ1) is 9.05. The summed E-state index contributed by atoms with van der Waals surface area (Å²) >= 11 is 0. The van der Waals surface area contributed by atoms with Gasteiger partial charge in [-0.25, -0.2) is 0 Å². The molecule has 0 heterocycles. The zero-order valence-electron chi connectivity index (χ0n) is 7.95. The number of unbranched alkanes of at least 4 members (excludes halogenated alkanes) is 1. The second-order valence-electron chi connectivity index (χ2n) is 4.19. The molecular formula is C10H21N. The third-order valence-electron chi connectivity index (χ3n) is 2.82. The van der Waals surface area contributed by atoms with E-state index in [9.17, 15) is 0 Å². The van der Waals surface area contributed by atoms with Crippen LogP contribution in [0.15, 0.2) is 0 Å². The summed E-state index contributed by atoms with van der Waals surface area (Å²) in [6.07, 6.45) is 6.96. The molecule has 1 nitrogen and oxygen atoms in total. The van der Waals surface area contributed by atoms with Gasteiger partial charge in [-0.05, 0) is 31.2 Å². The summed E-state index contributed by atoms with van der Waals surface area (Å²) in [6, 6.07) is 0. The summed E-state index contributed by atoms with van der Waals surface area (Å²) in [5.74, 6) is 0. The average Bonchev–Trinajstić information content (AvgIpc) is 1.95. The molecule has 0 spiro atoms. The highest BCUT2D eigenvalue weighted by Gasteiger charge is 2.30. The molecule has 0 unspecified atom stereocenters. The van der Waals surface area contributed by atoms with Gasteiger partial charge in [0.15, 0.2) is 0 Å². The van der Waals surface area contributed by atoms with Crippen molar-refractivity contribution in [3.8, 4) is 0 Å². The lowest BCUT2D eigenvalue weighted by Crippen LogP contribution is -2.37. The van der Waals surface area contributed by atoms with Gasteiger partial charge in [-0.3, -0.25) is 0 Å². The van der Waals surface area contributed by atoms with E-state index in [2.05, 4.69) is 19.2 Å². The normalized spacial score (nSPS) is 21.3. The standard InChI is InChI=1S/C10H21N/c1-3-4-8-11-9-10(2)6-5-7-10/h11H,3-9H2,1-2H3. The highest BCUT2D eigenvalue weighted by Crippen LogP contribution is 2.39. The van der Waals surface area contributed by atoms with Crippen molar-refractivity contribution < 1.29 is 0 Å². The number of rotatable bonds is 5. The molecule has 0 aromatic carbocycles. The molecule has 1 aliphatic rings. The van der Waals surface area contributed by atoms with E-state index in [1.165, 1.54) is 45.2 Å². The molecule has 0 bridgehead atoms. The number of nitrogens with one attached hydrogen (secondary N) is 1. The summed E-state index contributed by atoms with van der Waals surface area (Å²) < 4.78 is 0. The van der Waals surface area contributed by atoms with Gasteiger partial charge in [0.1, 0.15) is 0 Å². The van der Waals surface area contributed by atoms with Crippen LogP contribution in [0.3, 0.4) is 0 Å². The van der Waals surface area contributed by atoms with E-state index < -0.39 is 0 Å². The predicted molar refractivity (Wildman–Crippen MR) is 49.7 cm³/mol. The van der Waals surface area contributed by atoms with E-state index in [1.807, 2.05) is 0 Å². The molecule has 1 N–H and O–H groups in total. The summed E-state index contributed by atoms with van der Waals surface area (Å²) in [5.41, 5.74) is 0.660. The highest BCUT2D eigenvalue weighted by atomic mass is 14.9. The Balaban J connectivity index is 1.94. The van der Waals surface area contributed by atoms with Gasteiger partial charge in [0.2, 0.25) is 0 Å². The maximum absolute atomic E-state index is 3.53. The monoisotopic (exact) mass is 155 g/mol. The molecule has 0 radical (unpaired) electrons. The van der Waals surface area contributed by atoms with Crippen molar-refractivity contribution in [2.24, 2.45) is 5.41 Å². The van der Waals surface area contributed by atoms with Crippen molar-refractivity contribution in [2.45, 2.75) is 46.0 Å². The molecule has 0 aromatic rings. The molecule has 0 aromatic heterocycles. The van der Waals surface area contributed by atoms with Crippen molar-refractivity contribution in [3.63, 3.8) is 0 Å². The minimum atomic E-state index is 0.660. The Bertz CT molecular complexity index is 105. The maximum atomic E-state index is 3.53. The average molecular weight is 155 g/mol. The Kier molecular flexibility index (Phi) is 3.38. The van der Waals surface area contributed by atoms with Crippen LogP contribution in [0.4, 0.5) is 0 Å². The van der Waals surface area contributed by atoms with Gasteiger partial charge >= 0.3 is 0 Å². The van der Waals surface area contributed by atoms with Gasteiger partial charge in [-0.15, -0.1) is 0 Å². The van der Waals surface area contributed by atoms with Crippen LogP contribution in [0, 0.1) is 5.41 Å². The second kappa shape index (κ2) is 4.10. The summed E-state index contributed by atoms with van der Waals surface area (Å²) in [5, 5.41) is 3.53. The van der Waals surface area contributed by atoms with Crippen LogP contribution in [0.1, 0.15) is 46.0 Å². The van der Waals surface area contributed by atoms with Gasteiger partial charge < -0.3 is 5.32 Å². The molecule has 1 fully saturated rings. The van der Waals surface area contributed by atoms with Gasteiger partial charge in [-0.1, -0.05) is 26.7 Å². The van der Waals surface area contributed by atoms with Crippen molar-refractivity contribution in [1.82, 2.24) is 5.32 Å². The lowest BCUT2D eigenvalue weighted by molar-refractivity contribution is 0.157. The van der Waals surface area contributed by atoms with Crippen molar-refractivity contribution in [1.29, 1.82) is 0 Å². The van der Waals surface area contributed by atoms with E-state index in [0.717, 1.165) is 0 Å². The molecule has 0 aliphatic heterocycles. The molecule has 1 saturated carbocycles. The number of hydrogen-bond donors (Lipinski definition) is 1. The van der Waals surface area contributed by atoms with Crippen molar-refractivity contribution in [2.75, 3.05) is 13.1 Å². The molecule has 1 aliphatic carbocycles. The smallest absolute Gasteiger partial charge is 0.000516 e. The lowest BCUT2D eigenvalue weighted by Gasteiger charge is -2.38. The zero-order valence-corrected chi connectivity index (χ0v) is 7.95. The van der Waals surface area contributed by atoms with E-state index in [1.54, 1.807) is 0 Å². The van der Waals surface area contributed by atoms with E-state index in [4.69, 9.17) is 0 Å². The van der Waals surface area contributed by atoms with E-state index >= 15 is 0 Å². The van der Waals surface area contributed by atoms with Crippen molar-refractivity contribution >= 4 is 0 Å². The first-order valence-electron chi connectivity index (χ1n) is 4.97. The largest absolute Gasteiger partial charge is 0.316 e. The van der Waals surface area contributed by atoms with Crippen LogP contribution >= 0.6 is 0 Å². The lowest BCUT2D eigenvalue weighted by atomic mass is 9.70. The van der Waals surface area contributed by atoms with Crippen LogP contribution in [-0.2, 0) is 0 Å². The van der Waals surface area contributed by atoms with Gasteiger partial charge in [0.05, 0.1) is 0 Å². The zero-order chi connectivity index (χ0) is 8.16. The van der Waals surface area contributed by atoms with E-state index in [0.29, 0.717) is 5.41 Å². The molecule has 1 rings (SSSR count). The molecule has 11 heavy (non-hydrogen) atoms. The first-order chi connectivity index (χ1) is 5.27.